The Morgan fingerprint density at radius 3 is 2.35 bits per heavy atom. The van der Waals surface area contributed by atoms with Crippen LogP contribution in [0.2, 0.25) is 10.0 Å². The Labute approximate surface area is 131 Å². The van der Waals surface area contributed by atoms with E-state index in [2.05, 4.69) is 0 Å². The quantitative estimate of drug-likeness (QED) is 0.426. The fourth-order valence-corrected chi connectivity index (χ4v) is 2.69. The molecular weight excluding hydrogens is 321 g/mol. The predicted molar refractivity (Wildman–Crippen MR) is 81.9 cm³/mol. The molecule has 0 aromatic heterocycles. The van der Waals surface area contributed by atoms with Crippen LogP contribution in [0.3, 0.4) is 0 Å². The molecule has 1 unspecified atom stereocenters. The molecule has 1 atom stereocenters. The van der Waals surface area contributed by atoms with E-state index in [1.54, 1.807) is 24.3 Å². The van der Waals surface area contributed by atoms with Gasteiger partial charge in [-0.15, -0.1) is 11.6 Å². The van der Waals surface area contributed by atoms with Crippen LogP contribution in [-0.2, 0) is 6.42 Å². The minimum Gasteiger partial charge on any atom is -0.258 e. The molecule has 3 nitrogen and oxygen atoms in total. The minimum atomic E-state index is -0.435. The summed E-state index contributed by atoms with van der Waals surface area (Å²) in [6.45, 7) is 0. The predicted octanol–water partition coefficient (Wildman–Crippen LogP) is 5.42. The maximum atomic E-state index is 10.6. The smallest absolute Gasteiger partial charge is 0.258 e. The number of hydrogen-bond acceptors (Lipinski definition) is 2. The molecule has 0 bridgehead atoms. The molecule has 2 aromatic carbocycles. The molecule has 0 aliphatic heterocycles. The third-order valence-electron chi connectivity index (χ3n) is 2.88. The van der Waals surface area contributed by atoms with Crippen molar-refractivity contribution in [1.82, 2.24) is 0 Å². The van der Waals surface area contributed by atoms with Crippen LogP contribution >= 0.6 is 34.8 Å². The van der Waals surface area contributed by atoms with Crippen molar-refractivity contribution in [2.24, 2.45) is 0 Å². The zero-order valence-corrected chi connectivity index (χ0v) is 12.5. The van der Waals surface area contributed by atoms with E-state index in [0.29, 0.717) is 16.5 Å². The molecule has 0 aliphatic carbocycles. The fourth-order valence-electron chi connectivity index (χ4n) is 1.83. The van der Waals surface area contributed by atoms with Crippen molar-refractivity contribution in [3.63, 3.8) is 0 Å². The minimum absolute atomic E-state index is 0.0562. The lowest BCUT2D eigenvalue weighted by molar-refractivity contribution is -0.384. The summed E-state index contributed by atoms with van der Waals surface area (Å²) in [6.07, 6.45) is 0.514. The average Bonchev–Trinajstić information content (AvgIpc) is 2.42. The summed E-state index contributed by atoms with van der Waals surface area (Å²) >= 11 is 18.4. The maximum absolute atomic E-state index is 10.6. The van der Waals surface area contributed by atoms with Gasteiger partial charge in [0.25, 0.3) is 5.69 Å². The number of hydrogen-bond donors (Lipinski definition) is 0. The van der Waals surface area contributed by atoms with Crippen LogP contribution in [0.1, 0.15) is 16.5 Å². The van der Waals surface area contributed by atoms with Crippen LogP contribution in [0.15, 0.2) is 42.5 Å². The number of non-ortho nitro benzene ring substituents is 1. The first kappa shape index (κ1) is 15.1. The molecule has 0 spiro atoms. The van der Waals surface area contributed by atoms with Gasteiger partial charge in [-0.1, -0.05) is 47.5 Å². The van der Waals surface area contributed by atoms with E-state index in [1.807, 2.05) is 6.07 Å². The van der Waals surface area contributed by atoms with Gasteiger partial charge in [0.1, 0.15) is 0 Å². The summed E-state index contributed by atoms with van der Waals surface area (Å²) in [5.74, 6) is 0. The van der Waals surface area contributed by atoms with E-state index in [1.165, 1.54) is 12.1 Å². The monoisotopic (exact) mass is 329 g/mol. The number of rotatable bonds is 4. The van der Waals surface area contributed by atoms with Crippen LogP contribution in [0.4, 0.5) is 5.69 Å². The molecule has 0 saturated carbocycles. The molecule has 0 N–H and O–H groups in total. The second-order valence-electron chi connectivity index (χ2n) is 4.24. The Balaban J connectivity index is 2.17. The van der Waals surface area contributed by atoms with E-state index in [4.69, 9.17) is 34.8 Å². The van der Waals surface area contributed by atoms with Gasteiger partial charge in [-0.05, 0) is 23.6 Å². The van der Waals surface area contributed by atoms with Gasteiger partial charge in [-0.3, -0.25) is 10.1 Å². The second kappa shape index (κ2) is 6.44. The normalized spacial score (nSPS) is 12.2. The van der Waals surface area contributed by atoms with E-state index in [-0.39, 0.29) is 11.1 Å². The summed E-state index contributed by atoms with van der Waals surface area (Å²) in [5, 5.41) is 11.1. The van der Waals surface area contributed by atoms with Crippen LogP contribution in [0.5, 0.6) is 0 Å². The van der Waals surface area contributed by atoms with Crippen molar-refractivity contribution in [2.45, 2.75) is 11.8 Å². The Bertz CT molecular complexity index is 629. The molecule has 0 saturated heterocycles. The van der Waals surface area contributed by atoms with Crippen molar-refractivity contribution >= 4 is 40.5 Å². The largest absolute Gasteiger partial charge is 0.269 e. The number of nitrogens with zero attached hydrogens (tertiary/aromatic N) is 1. The van der Waals surface area contributed by atoms with E-state index in [0.717, 1.165) is 11.1 Å². The van der Waals surface area contributed by atoms with Gasteiger partial charge in [-0.25, -0.2) is 0 Å². The van der Waals surface area contributed by atoms with Gasteiger partial charge < -0.3 is 0 Å². The van der Waals surface area contributed by atoms with Crippen molar-refractivity contribution in [3.8, 4) is 0 Å². The first-order valence-electron chi connectivity index (χ1n) is 5.80. The molecular formula is C14H10Cl3NO2. The van der Waals surface area contributed by atoms with Gasteiger partial charge in [0, 0.05) is 12.1 Å². The topological polar surface area (TPSA) is 43.1 Å². The van der Waals surface area contributed by atoms with Gasteiger partial charge in [0.05, 0.1) is 20.3 Å². The third kappa shape index (κ3) is 3.42. The molecule has 0 amide bonds. The standard InChI is InChI=1S/C14H10Cl3NO2/c15-12-3-1-2-11(14(12)17)13(16)8-9-4-6-10(7-5-9)18(19)20/h1-7,13H,8H2. The Kier molecular flexibility index (Phi) is 4.86. The van der Waals surface area contributed by atoms with Crippen molar-refractivity contribution in [1.29, 1.82) is 0 Å². The summed E-state index contributed by atoms with van der Waals surface area (Å²) in [6, 6.07) is 11.6. The van der Waals surface area contributed by atoms with E-state index < -0.39 is 4.92 Å². The van der Waals surface area contributed by atoms with Gasteiger partial charge >= 0.3 is 0 Å². The molecule has 0 fully saturated rings. The lowest BCUT2D eigenvalue weighted by Crippen LogP contribution is -1.97. The first-order valence-corrected chi connectivity index (χ1v) is 6.99. The Morgan fingerprint density at radius 2 is 1.75 bits per heavy atom. The molecule has 20 heavy (non-hydrogen) atoms. The first-order chi connectivity index (χ1) is 9.49. The number of nitro groups is 1. The maximum Gasteiger partial charge on any atom is 0.269 e. The van der Waals surface area contributed by atoms with Gasteiger partial charge in [-0.2, -0.15) is 0 Å². The van der Waals surface area contributed by atoms with Crippen LogP contribution in [-0.4, -0.2) is 4.92 Å². The summed E-state index contributed by atoms with van der Waals surface area (Å²) in [7, 11) is 0. The molecule has 0 heterocycles. The highest BCUT2D eigenvalue weighted by Crippen LogP contribution is 2.35. The average molecular weight is 331 g/mol. The second-order valence-corrected chi connectivity index (χ2v) is 5.55. The number of alkyl halides is 1. The third-order valence-corrected chi connectivity index (χ3v) is 4.10. The molecule has 2 rings (SSSR count). The van der Waals surface area contributed by atoms with Crippen LogP contribution in [0, 0.1) is 10.1 Å². The van der Waals surface area contributed by atoms with Crippen molar-refractivity contribution in [3.05, 3.63) is 73.8 Å². The zero-order chi connectivity index (χ0) is 14.7. The highest BCUT2D eigenvalue weighted by Gasteiger charge is 2.15. The molecule has 6 heteroatoms. The number of nitro benzene ring substituents is 1. The summed E-state index contributed by atoms with van der Waals surface area (Å²) in [5.41, 5.74) is 1.70. The van der Waals surface area contributed by atoms with Crippen LogP contribution in [0.25, 0.3) is 0 Å². The highest BCUT2D eigenvalue weighted by atomic mass is 35.5. The molecule has 104 valence electrons. The highest BCUT2D eigenvalue weighted by molar-refractivity contribution is 6.43. The Hall–Kier alpha value is -1.29. The lowest BCUT2D eigenvalue weighted by atomic mass is 10.0. The van der Waals surface area contributed by atoms with Gasteiger partial charge in [0.15, 0.2) is 0 Å². The zero-order valence-electron chi connectivity index (χ0n) is 10.2. The summed E-state index contributed by atoms with van der Waals surface area (Å²) in [4.78, 5) is 10.2. The SMILES string of the molecule is O=[N+]([O-])c1ccc(CC(Cl)c2cccc(Cl)c2Cl)cc1. The molecule has 2 aromatic rings. The molecule has 0 aliphatic rings. The number of halogens is 3. The summed E-state index contributed by atoms with van der Waals surface area (Å²) < 4.78 is 0. The van der Waals surface area contributed by atoms with E-state index in [9.17, 15) is 10.1 Å². The lowest BCUT2D eigenvalue weighted by Gasteiger charge is -2.12. The molecule has 0 radical (unpaired) electrons. The Morgan fingerprint density at radius 1 is 1.10 bits per heavy atom. The van der Waals surface area contributed by atoms with Crippen LogP contribution < -0.4 is 0 Å². The van der Waals surface area contributed by atoms with Gasteiger partial charge in [0.2, 0.25) is 0 Å². The van der Waals surface area contributed by atoms with E-state index >= 15 is 0 Å². The fraction of sp³-hybridized carbons (Fsp3) is 0.143. The number of benzene rings is 2. The van der Waals surface area contributed by atoms with Crippen molar-refractivity contribution in [2.75, 3.05) is 0 Å². The van der Waals surface area contributed by atoms with Crippen molar-refractivity contribution < 1.29 is 4.92 Å².